The third kappa shape index (κ3) is 3.21. The number of benzene rings is 2. The van der Waals surface area contributed by atoms with E-state index in [0.29, 0.717) is 11.5 Å². The maximum absolute atomic E-state index is 11.2. The second kappa shape index (κ2) is 6.53. The first kappa shape index (κ1) is 16.3. The molecule has 1 heterocycles. The number of hydrogen-bond acceptors (Lipinski definition) is 4. The summed E-state index contributed by atoms with van der Waals surface area (Å²) in [6.07, 6.45) is 0. The van der Waals surface area contributed by atoms with Crippen molar-refractivity contribution >= 4 is 18.6 Å². The number of thiol groups is 1. The highest BCUT2D eigenvalue weighted by Gasteiger charge is 2.25. The number of carboxylic acids is 1. The molecule has 3 aromatic rings. The van der Waals surface area contributed by atoms with Crippen molar-refractivity contribution < 1.29 is 14.3 Å². The summed E-state index contributed by atoms with van der Waals surface area (Å²) in [6, 6.07) is 15.7. The van der Waals surface area contributed by atoms with Gasteiger partial charge in [0.05, 0.1) is 0 Å². The van der Waals surface area contributed by atoms with Gasteiger partial charge in [-0.3, -0.25) is 4.79 Å². The number of aromatic nitrogens is 1. The van der Waals surface area contributed by atoms with Crippen molar-refractivity contribution in [3.05, 3.63) is 65.5 Å². The van der Waals surface area contributed by atoms with Crippen LogP contribution in [0, 0.1) is 13.8 Å². The van der Waals surface area contributed by atoms with E-state index in [-0.39, 0.29) is 5.89 Å². The zero-order valence-corrected chi connectivity index (χ0v) is 14.2. The summed E-state index contributed by atoms with van der Waals surface area (Å²) in [7, 11) is 0. The van der Waals surface area contributed by atoms with Gasteiger partial charge < -0.3 is 9.52 Å². The van der Waals surface area contributed by atoms with Crippen molar-refractivity contribution in [3.8, 4) is 22.6 Å². The number of oxazole rings is 1. The lowest BCUT2D eigenvalue weighted by molar-refractivity contribution is -0.136. The number of aryl methyl sites for hydroxylation is 2. The van der Waals surface area contributed by atoms with Crippen molar-refractivity contribution in [2.24, 2.45) is 0 Å². The van der Waals surface area contributed by atoms with Crippen molar-refractivity contribution in [2.75, 3.05) is 0 Å². The fraction of sp³-hybridized carbons (Fsp3) is 0.158. The number of carbonyl (C=O) groups is 1. The Labute approximate surface area is 145 Å². The van der Waals surface area contributed by atoms with Gasteiger partial charge in [-0.15, -0.1) is 0 Å². The minimum atomic E-state index is -1.10. The molecule has 0 radical (unpaired) electrons. The number of nitrogens with zero attached hydrogens (tertiary/aromatic N) is 1. The van der Waals surface area contributed by atoms with Gasteiger partial charge in [-0.2, -0.15) is 12.6 Å². The molecule has 1 unspecified atom stereocenters. The first-order valence-electron chi connectivity index (χ1n) is 7.51. The molecule has 0 saturated heterocycles. The van der Waals surface area contributed by atoms with Crippen LogP contribution in [-0.2, 0) is 4.79 Å². The third-order valence-corrected chi connectivity index (χ3v) is 4.19. The van der Waals surface area contributed by atoms with Crippen LogP contribution in [-0.4, -0.2) is 16.1 Å². The van der Waals surface area contributed by atoms with E-state index in [4.69, 9.17) is 4.42 Å². The summed E-state index contributed by atoms with van der Waals surface area (Å²) in [6.45, 7) is 4.01. The Morgan fingerprint density at radius 3 is 2.00 bits per heavy atom. The highest BCUT2D eigenvalue weighted by molar-refractivity contribution is 7.81. The summed E-state index contributed by atoms with van der Waals surface area (Å²) in [5.41, 5.74) is 4.61. The Bertz CT molecular complexity index is 804. The van der Waals surface area contributed by atoms with Crippen LogP contribution in [0.3, 0.4) is 0 Å². The maximum Gasteiger partial charge on any atom is 0.325 e. The van der Waals surface area contributed by atoms with E-state index in [2.05, 4.69) is 17.6 Å². The van der Waals surface area contributed by atoms with Crippen molar-refractivity contribution in [3.63, 3.8) is 0 Å². The fourth-order valence-electron chi connectivity index (χ4n) is 2.37. The number of aliphatic carboxylic acids is 1. The van der Waals surface area contributed by atoms with Gasteiger partial charge in [-0.1, -0.05) is 59.7 Å². The maximum atomic E-state index is 11.2. The highest BCUT2D eigenvalue weighted by Crippen LogP contribution is 2.35. The molecule has 0 aliphatic rings. The predicted octanol–water partition coefficient (Wildman–Crippen LogP) is 4.68. The molecule has 122 valence electrons. The molecule has 0 spiro atoms. The van der Waals surface area contributed by atoms with Gasteiger partial charge in [0.1, 0.15) is 5.69 Å². The molecule has 1 N–H and O–H groups in total. The molecule has 0 saturated carbocycles. The number of hydrogen-bond donors (Lipinski definition) is 2. The van der Waals surface area contributed by atoms with Crippen LogP contribution in [0.25, 0.3) is 22.6 Å². The van der Waals surface area contributed by atoms with Gasteiger partial charge in [0.25, 0.3) is 0 Å². The molecule has 2 aromatic carbocycles. The summed E-state index contributed by atoms with van der Waals surface area (Å²) >= 11 is 4.08. The minimum Gasteiger partial charge on any atom is -0.480 e. The molecule has 4 nitrogen and oxygen atoms in total. The standard InChI is InChI=1S/C19H17NO3S/c1-11-3-7-13(8-4-11)15-16(14-9-5-12(2)6-10-14)23-18(20-15)17(24)19(21)22/h3-10,17,24H,1-2H3,(H,21,22). The van der Waals surface area contributed by atoms with Crippen molar-refractivity contribution in [1.29, 1.82) is 0 Å². The van der Waals surface area contributed by atoms with E-state index in [9.17, 15) is 9.90 Å². The monoisotopic (exact) mass is 339 g/mol. The molecular formula is C19H17NO3S. The van der Waals surface area contributed by atoms with Crippen molar-refractivity contribution in [1.82, 2.24) is 4.98 Å². The van der Waals surface area contributed by atoms with E-state index in [1.807, 2.05) is 62.4 Å². The first-order chi connectivity index (χ1) is 11.5. The molecule has 1 atom stereocenters. The van der Waals surface area contributed by atoms with Crippen LogP contribution in [0.4, 0.5) is 0 Å². The lowest BCUT2D eigenvalue weighted by Crippen LogP contribution is -2.05. The first-order valence-corrected chi connectivity index (χ1v) is 8.03. The van der Waals surface area contributed by atoms with E-state index < -0.39 is 11.2 Å². The average Bonchev–Trinajstić information content (AvgIpc) is 3.00. The summed E-state index contributed by atoms with van der Waals surface area (Å²) in [5.74, 6) is -0.461. The summed E-state index contributed by atoms with van der Waals surface area (Å²) in [4.78, 5) is 15.6. The third-order valence-electron chi connectivity index (χ3n) is 3.75. The Kier molecular flexibility index (Phi) is 4.44. The van der Waals surface area contributed by atoms with Crippen LogP contribution in [0.1, 0.15) is 22.3 Å². The molecular weight excluding hydrogens is 322 g/mol. The second-order valence-corrected chi connectivity index (χ2v) is 6.22. The Balaban J connectivity index is 2.16. The second-order valence-electron chi connectivity index (χ2n) is 5.70. The molecule has 1 aromatic heterocycles. The van der Waals surface area contributed by atoms with Crippen LogP contribution in [0.5, 0.6) is 0 Å². The zero-order chi connectivity index (χ0) is 17.3. The van der Waals surface area contributed by atoms with Gasteiger partial charge >= 0.3 is 5.97 Å². The Morgan fingerprint density at radius 2 is 1.50 bits per heavy atom. The predicted molar refractivity (Wildman–Crippen MR) is 96.2 cm³/mol. The largest absolute Gasteiger partial charge is 0.480 e. The number of rotatable bonds is 4. The van der Waals surface area contributed by atoms with Gasteiger partial charge in [-0.05, 0) is 13.8 Å². The average molecular weight is 339 g/mol. The SMILES string of the molecule is Cc1ccc(-c2nc(C(S)C(=O)O)oc2-c2ccc(C)cc2)cc1. The Morgan fingerprint density at radius 1 is 1.00 bits per heavy atom. The van der Waals surface area contributed by atoms with Gasteiger partial charge in [0.15, 0.2) is 11.0 Å². The van der Waals surface area contributed by atoms with Gasteiger partial charge in [0.2, 0.25) is 5.89 Å². The Hall–Kier alpha value is -2.53. The topological polar surface area (TPSA) is 63.3 Å². The lowest BCUT2D eigenvalue weighted by Gasteiger charge is -2.03. The number of carboxylic acid groups (broad SMARTS) is 1. The van der Waals surface area contributed by atoms with Crippen LogP contribution in [0.15, 0.2) is 52.9 Å². The molecule has 0 fully saturated rings. The molecule has 24 heavy (non-hydrogen) atoms. The molecule has 0 bridgehead atoms. The molecule has 0 aliphatic carbocycles. The smallest absolute Gasteiger partial charge is 0.325 e. The van der Waals surface area contributed by atoms with E-state index in [1.54, 1.807) is 0 Å². The normalized spacial score (nSPS) is 12.1. The quantitative estimate of drug-likeness (QED) is 0.677. The van der Waals surface area contributed by atoms with E-state index >= 15 is 0 Å². The summed E-state index contributed by atoms with van der Waals surface area (Å²) < 4.78 is 5.78. The molecule has 0 amide bonds. The zero-order valence-electron chi connectivity index (χ0n) is 13.4. The van der Waals surface area contributed by atoms with Crippen LogP contribution in [0.2, 0.25) is 0 Å². The summed E-state index contributed by atoms with van der Waals surface area (Å²) in [5, 5.41) is 8.07. The van der Waals surface area contributed by atoms with Crippen LogP contribution >= 0.6 is 12.6 Å². The van der Waals surface area contributed by atoms with Gasteiger partial charge in [0, 0.05) is 11.1 Å². The van der Waals surface area contributed by atoms with E-state index in [0.717, 1.165) is 22.3 Å². The van der Waals surface area contributed by atoms with E-state index in [1.165, 1.54) is 0 Å². The molecule has 0 aliphatic heterocycles. The van der Waals surface area contributed by atoms with Crippen molar-refractivity contribution in [2.45, 2.75) is 19.1 Å². The molecule has 5 heteroatoms. The molecule has 3 rings (SSSR count). The minimum absolute atomic E-state index is 0.0805. The lowest BCUT2D eigenvalue weighted by atomic mass is 10.0. The van der Waals surface area contributed by atoms with Gasteiger partial charge in [-0.25, -0.2) is 4.98 Å². The fourth-order valence-corrected chi connectivity index (χ4v) is 2.48. The highest BCUT2D eigenvalue weighted by atomic mass is 32.1. The van der Waals surface area contributed by atoms with Crippen LogP contribution < -0.4 is 0 Å².